The zero-order valence-electron chi connectivity index (χ0n) is 14.6. The van der Waals surface area contributed by atoms with Crippen LogP contribution in [-0.4, -0.2) is 29.5 Å². The van der Waals surface area contributed by atoms with Crippen LogP contribution in [0.25, 0.3) is 11.4 Å². The Bertz CT molecular complexity index is 1020. The van der Waals surface area contributed by atoms with Crippen LogP contribution in [0.15, 0.2) is 42.5 Å². The molecule has 1 amide bonds. The summed E-state index contributed by atoms with van der Waals surface area (Å²) in [4.78, 5) is 19.7. The first-order chi connectivity index (χ1) is 13.1. The molecule has 1 aliphatic rings. The number of nitrogens with one attached hydrogen (secondary N) is 2. The van der Waals surface area contributed by atoms with Crippen LogP contribution in [0.3, 0.4) is 0 Å². The van der Waals surface area contributed by atoms with Crippen molar-refractivity contribution >= 4 is 5.91 Å². The minimum absolute atomic E-state index is 0.00952. The SMILES string of the molecule is COc1ccccc1[C@H]1CNC(=O)c2nc(-c3cccc(F)c3F)[nH]c2C1. The summed E-state index contributed by atoms with van der Waals surface area (Å²) in [5.41, 5.74) is 1.73. The highest BCUT2D eigenvalue weighted by atomic mass is 19.2. The third kappa shape index (κ3) is 3.05. The Balaban J connectivity index is 1.75. The number of imidazole rings is 1. The Morgan fingerprint density at radius 2 is 1.96 bits per heavy atom. The molecule has 2 heterocycles. The second-order valence-corrected chi connectivity index (χ2v) is 6.37. The number of carbonyl (C=O) groups excluding carboxylic acids is 1. The molecular weight excluding hydrogens is 352 g/mol. The summed E-state index contributed by atoms with van der Waals surface area (Å²) < 4.78 is 33.1. The maximum Gasteiger partial charge on any atom is 0.271 e. The van der Waals surface area contributed by atoms with E-state index in [0.29, 0.717) is 18.7 Å². The lowest BCUT2D eigenvalue weighted by Gasteiger charge is -2.17. The molecule has 0 spiro atoms. The first-order valence-electron chi connectivity index (χ1n) is 8.53. The van der Waals surface area contributed by atoms with Crippen LogP contribution in [0.1, 0.15) is 27.7 Å². The summed E-state index contributed by atoms with van der Waals surface area (Å²) in [6, 6.07) is 11.5. The van der Waals surface area contributed by atoms with Gasteiger partial charge in [-0.05, 0) is 30.2 Å². The Hall–Kier alpha value is -3.22. The van der Waals surface area contributed by atoms with Crippen molar-refractivity contribution in [3.63, 3.8) is 0 Å². The number of rotatable bonds is 3. The van der Waals surface area contributed by atoms with E-state index < -0.39 is 11.6 Å². The van der Waals surface area contributed by atoms with Gasteiger partial charge >= 0.3 is 0 Å². The van der Waals surface area contributed by atoms with Gasteiger partial charge in [0.25, 0.3) is 5.91 Å². The molecule has 2 N–H and O–H groups in total. The van der Waals surface area contributed by atoms with Gasteiger partial charge in [0, 0.05) is 18.2 Å². The molecule has 0 unspecified atom stereocenters. The Morgan fingerprint density at radius 1 is 1.15 bits per heavy atom. The van der Waals surface area contributed by atoms with Gasteiger partial charge in [-0.15, -0.1) is 0 Å². The second kappa shape index (κ2) is 6.83. The summed E-state index contributed by atoms with van der Waals surface area (Å²) >= 11 is 0. The number of halogens is 2. The molecular formula is C20H17F2N3O2. The van der Waals surface area contributed by atoms with Gasteiger partial charge in [0.2, 0.25) is 0 Å². The van der Waals surface area contributed by atoms with Gasteiger partial charge in [0.05, 0.1) is 12.7 Å². The molecule has 7 heteroatoms. The van der Waals surface area contributed by atoms with Crippen LogP contribution < -0.4 is 10.1 Å². The van der Waals surface area contributed by atoms with E-state index in [2.05, 4.69) is 15.3 Å². The smallest absolute Gasteiger partial charge is 0.271 e. The third-order valence-electron chi connectivity index (χ3n) is 4.74. The normalized spacial score (nSPS) is 16.4. The molecule has 0 radical (unpaired) electrons. The lowest BCUT2D eigenvalue weighted by Crippen LogP contribution is -2.26. The van der Waals surface area contributed by atoms with Crippen molar-refractivity contribution in [1.29, 1.82) is 0 Å². The number of fused-ring (bicyclic) bond motifs is 1. The van der Waals surface area contributed by atoms with Crippen molar-refractivity contribution in [2.24, 2.45) is 0 Å². The van der Waals surface area contributed by atoms with Gasteiger partial charge in [-0.2, -0.15) is 0 Å². The van der Waals surface area contributed by atoms with E-state index in [1.165, 1.54) is 12.1 Å². The molecule has 2 aromatic carbocycles. The van der Waals surface area contributed by atoms with Crippen molar-refractivity contribution in [1.82, 2.24) is 15.3 Å². The van der Waals surface area contributed by atoms with Gasteiger partial charge in [0.15, 0.2) is 11.6 Å². The Morgan fingerprint density at radius 3 is 2.78 bits per heavy atom. The molecule has 3 aromatic rings. The fourth-order valence-electron chi connectivity index (χ4n) is 3.40. The van der Waals surface area contributed by atoms with Gasteiger partial charge in [-0.1, -0.05) is 24.3 Å². The Kier molecular flexibility index (Phi) is 4.35. The van der Waals surface area contributed by atoms with E-state index in [1.807, 2.05) is 24.3 Å². The first kappa shape index (κ1) is 17.2. The van der Waals surface area contributed by atoms with E-state index in [4.69, 9.17) is 4.74 Å². The quantitative estimate of drug-likeness (QED) is 0.743. The maximum absolute atomic E-state index is 14.1. The number of ether oxygens (including phenoxy) is 1. The molecule has 0 saturated heterocycles. The number of hydrogen-bond donors (Lipinski definition) is 2. The Labute approximate surface area is 154 Å². The minimum atomic E-state index is -0.997. The average Bonchev–Trinajstić information content (AvgIpc) is 3.04. The van der Waals surface area contributed by atoms with Crippen LogP contribution in [0.4, 0.5) is 8.78 Å². The molecule has 138 valence electrons. The lowest BCUT2D eigenvalue weighted by atomic mass is 9.93. The zero-order chi connectivity index (χ0) is 19.0. The van der Waals surface area contributed by atoms with Crippen LogP contribution in [0.5, 0.6) is 5.75 Å². The highest BCUT2D eigenvalue weighted by Crippen LogP contribution is 2.32. The second-order valence-electron chi connectivity index (χ2n) is 6.37. The summed E-state index contributed by atoms with van der Waals surface area (Å²) in [7, 11) is 1.60. The van der Waals surface area contributed by atoms with Crippen LogP contribution in [0.2, 0.25) is 0 Å². The fourth-order valence-corrected chi connectivity index (χ4v) is 3.40. The topological polar surface area (TPSA) is 67.0 Å². The van der Waals surface area contributed by atoms with E-state index in [0.717, 1.165) is 17.4 Å². The number of aromatic nitrogens is 2. The van der Waals surface area contributed by atoms with Gasteiger partial charge < -0.3 is 15.0 Å². The van der Waals surface area contributed by atoms with E-state index in [9.17, 15) is 13.6 Å². The molecule has 0 saturated carbocycles. The molecule has 0 bridgehead atoms. The molecule has 5 nitrogen and oxygen atoms in total. The standard InChI is InChI=1S/C20H17F2N3O2/c1-27-16-8-3-2-5-12(16)11-9-15-18(20(26)23-10-11)25-19(24-15)13-6-4-7-14(21)17(13)22/h2-8,11H,9-10H2,1H3,(H,23,26)(H,24,25)/t11-/m1/s1. The van der Waals surface area contributed by atoms with Crippen molar-refractivity contribution < 1.29 is 18.3 Å². The fraction of sp³-hybridized carbons (Fsp3) is 0.200. The predicted molar refractivity (Wildman–Crippen MR) is 95.7 cm³/mol. The summed E-state index contributed by atoms with van der Waals surface area (Å²) in [5.74, 6) is -1.49. The van der Waals surface area contributed by atoms with Gasteiger partial charge in [-0.3, -0.25) is 4.79 Å². The highest BCUT2D eigenvalue weighted by molar-refractivity contribution is 5.94. The zero-order valence-corrected chi connectivity index (χ0v) is 14.6. The number of amides is 1. The van der Waals surface area contributed by atoms with Crippen molar-refractivity contribution in [3.8, 4) is 17.1 Å². The number of hydrogen-bond acceptors (Lipinski definition) is 3. The number of carbonyl (C=O) groups is 1. The number of aromatic amines is 1. The molecule has 0 aliphatic carbocycles. The predicted octanol–water partition coefficient (Wildman–Crippen LogP) is 3.43. The molecule has 1 aromatic heterocycles. The maximum atomic E-state index is 14.1. The average molecular weight is 369 g/mol. The summed E-state index contributed by atoms with van der Waals surface area (Å²) in [6.45, 7) is 0.424. The number of benzene rings is 2. The number of H-pyrrole nitrogens is 1. The molecule has 27 heavy (non-hydrogen) atoms. The molecule has 0 fully saturated rings. The summed E-state index contributed by atoms with van der Waals surface area (Å²) in [6.07, 6.45) is 0.485. The van der Waals surface area contributed by atoms with Crippen LogP contribution in [-0.2, 0) is 6.42 Å². The van der Waals surface area contributed by atoms with E-state index >= 15 is 0 Å². The number of methoxy groups -OCH3 is 1. The van der Waals surface area contributed by atoms with Crippen molar-refractivity contribution in [3.05, 3.63) is 71.1 Å². The molecule has 4 rings (SSSR count). The summed E-state index contributed by atoms with van der Waals surface area (Å²) in [5, 5.41) is 2.85. The van der Waals surface area contributed by atoms with Crippen molar-refractivity contribution in [2.45, 2.75) is 12.3 Å². The molecule has 1 atom stereocenters. The third-order valence-corrected chi connectivity index (χ3v) is 4.74. The van der Waals surface area contributed by atoms with Crippen LogP contribution in [0, 0.1) is 11.6 Å². The molecule has 1 aliphatic heterocycles. The first-order valence-corrected chi connectivity index (χ1v) is 8.53. The monoisotopic (exact) mass is 369 g/mol. The van der Waals surface area contributed by atoms with E-state index in [1.54, 1.807) is 7.11 Å². The van der Waals surface area contributed by atoms with Gasteiger partial charge in [0.1, 0.15) is 17.3 Å². The largest absolute Gasteiger partial charge is 0.496 e. The van der Waals surface area contributed by atoms with Crippen LogP contribution >= 0.6 is 0 Å². The minimum Gasteiger partial charge on any atom is -0.496 e. The van der Waals surface area contributed by atoms with Gasteiger partial charge in [-0.25, -0.2) is 13.8 Å². The van der Waals surface area contributed by atoms with E-state index in [-0.39, 0.29) is 28.9 Å². The highest BCUT2D eigenvalue weighted by Gasteiger charge is 2.28. The van der Waals surface area contributed by atoms with Crippen molar-refractivity contribution in [2.75, 3.05) is 13.7 Å². The number of para-hydroxylation sites is 1. The lowest BCUT2D eigenvalue weighted by molar-refractivity contribution is 0.0950. The number of nitrogens with zero attached hydrogens (tertiary/aromatic N) is 1.